The summed E-state index contributed by atoms with van der Waals surface area (Å²) in [5.41, 5.74) is 1.92. The summed E-state index contributed by atoms with van der Waals surface area (Å²) in [5, 5.41) is 3.17. The van der Waals surface area contributed by atoms with Gasteiger partial charge in [0.15, 0.2) is 0 Å². The highest BCUT2D eigenvalue weighted by atomic mass is 35.5. The van der Waals surface area contributed by atoms with Gasteiger partial charge in [-0.3, -0.25) is 13.9 Å². The SMILES string of the molecule is CCNC(=O)C(C)N(Cc1ccccc1C)C(=O)CN(c1cc(Cl)cc(Cl)c1)S(=O)(=O)c1ccccc1. The van der Waals surface area contributed by atoms with Crippen LogP contribution in [0.25, 0.3) is 0 Å². The van der Waals surface area contributed by atoms with E-state index in [0.717, 1.165) is 15.4 Å². The topological polar surface area (TPSA) is 86.8 Å². The third-order valence-corrected chi connectivity index (χ3v) is 8.09. The first-order valence-electron chi connectivity index (χ1n) is 11.7. The third kappa shape index (κ3) is 7.03. The predicted molar refractivity (Wildman–Crippen MR) is 147 cm³/mol. The fraction of sp³-hybridized carbons (Fsp3) is 0.259. The number of hydrogen-bond acceptors (Lipinski definition) is 4. The van der Waals surface area contributed by atoms with Crippen molar-refractivity contribution in [3.05, 3.63) is 94.0 Å². The van der Waals surface area contributed by atoms with Crippen molar-refractivity contribution in [2.75, 3.05) is 17.4 Å². The Morgan fingerprint density at radius 2 is 1.54 bits per heavy atom. The second kappa shape index (κ2) is 12.4. The van der Waals surface area contributed by atoms with Crippen LogP contribution in [0.1, 0.15) is 25.0 Å². The molecule has 0 saturated heterocycles. The number of rotatable bonds is 10. The van der Waals surface area contributed by atoms with Crippen LogP contribution in [0.4, 0.5) is 5.69 Å². The molecule has 0 aliphatic carbocycles. The number of carbonyl (C=O) groups excluding carboxylic acids is 2. The van der Waals surface area contributed by atoms with Crippen molar-refractivity contribution in [3.8, 4) is 0 Å². The van der Waals surface area contributed by atoms with Gasteiger partial charge >= 0.3 is 0 Å². The van der Waals surface area contributed by atoms with Crippen LogP contribution in [0.15, 0.2) is 77.7 Å². The molecule has 7 nitrogen and oxygen atoms in total. The first kappa shape index (κ1) is 28.5. The number of hydrogen-bond donors (Lipinski definition) is 1. The van der Waals surface area contributed by atoms with E-state index in [1.165, 1.54) is 35.2 Å². The first-order chi connectivity index (χ1) is 17.5. The normalized spacial score (nSPS) is 12.0. The summed E-state index contributed by atoms with van der Waals surface area (Å²) in [4.78, 5) is 28.0. The number of aryl methyl sites for hydroxylation is 1. The van der Waals surface area contributed by atoms with Crippen LogP contribution in [0, 0.1) is 6.92 Å². The van der Waals surface area contributed by atoms with Gasteiger partial charge in [-0.1, -0.05) is 65.7 Å². The molecule has 3 aromatic rings. The molecule has 10 heteroatoms. The number of nitrogens with zero attached hydrogens (tertiary/aromatic N) is 2. The Bertz CT molecular complexity index is 1350. The van der Waals surface area contributed by atoms with E-state index in [1.807, 2.05) is 31.2 Å². The molecule has 0 aliphatic rings. The van der Waals surface area contributed by atoms with Gasteiger partial charge in [0.25, 0.3) is 10.0 Å². The highest BCUT2D eigenvalue weighted by Crippen LogP contribution is 2.30. The van der Waals surface area contributed by atoms with Crippen molar-refractivity contribution < 1.29 is 18.0 Å². The third-order valence-electron chi connectivity index (χ3n) is 5.87. The minimum Gasteiger partial charge on any atom is -0.355 e. The predicted octanol–water partition coefficient (Wildman–Crippen LogP) is 5.05. The van der Waals surface area contributed by atoms with Crippen molar-refractivity contribution in [2.45, 2.75) is 38.3 Å². The lowest BCUT2D eigenvalue weighted by Crippen LogP contribution is -2.51. The Hall–Kier alpha value is -3.07. The molecular weight excluding hydrogens is 533 g/mol. The monoisotopic (exact) mass is 561 g/mol. The van der Waals surface area contributed by atoms with E-state index >= 15 is 0 Å². The quantitative estimate of drug-likeness (QED) is 0.375. The highest BCUT2D eigenvalue weighted by Gasteiger charge is 2.32. The van der Waals surface area contributed by atoms with Gasteiger partial charge in [-0.05, 0) is 62.2 Å². The number of amides is 2. The van der Waals surface area contributed by atoms with E-state index in [0.29, 0.717) is 6.54 Å². The van der Waals surface area contributed by atoms with Crippen LogP contribution < -0.4 is 9.62 Å². The Balaban J connectivity index is 2.06. The van der Waals surface area contributed by atoms with Gasteiger partial charge in [0, 0.05) is 23.1 Å². The molecule has 3 aromatic carbocycles. The van der Waals surface area contributed by atoms with E-state index in [4.69, 9.17) is 23.2 Å². The van der Waals surface area contributed by atoms with Crippen molar-refractivity contribution in [3.63, 3.8) is 0 Å². The molecule has 2 amide bonds. The smallest absolute Gasteiger partial charge is 0.264 e. The van der Waals surface area contributed by atoms with E-state index in [2.05, 4.69) is 5.32 Å². The lowest BCUT2D eigenvalue weighted by atomic mass is 10.1. The van der Waals surface area contributed by atoms with Crippen LogP contribution in [0.3, 0.4) is 0 Å². The number of sulfonamides is 1. The molecule has 0 aromatic heterocycles. The summed E-state index contributed by atoms with van der Waals surface area (Å²) >= 11 is 12.4. The summed E-state index contributed by atoms with van der Waals surface area (Å²) in [6, 6.07) is 18.8. The fourth-order valence-corrected chi connectivity index (χ4v) is 5.74. The molecule has 1 unspecified atom stereocenters. The molecule has 0 heterocycles. The van der Waals surface area contributed by atoms with E-state index in [-0.39, 0.29) is 33.1 Å². The highest BCUT2D eigenvalue weighted by molar-refractivity contribution is 7.92. The van der Waals surface area contributed by atoms with E-state index < -0.39 is 28.5 Å². The lowest BCUT2D eigenvalue weighted by molar-refractivity contribution is -0.139. The maximum atomic E-state index is 13.8. The molecule has 3 rings (SSSR count). The van der Waals surface area contributed by atoms with Crippen LogP contribution in [-0.4, -0.2) is 44.3 Å². The van der Waals surface area contributed by atoms with Gasteiger partial charge in [0.2, 0.25) is 11.8 Å². The summed E-state index contributed by atoms with van der Waals surface area (Å²) in [5.74, 6) is -0.898. The van der Waals surface area contributed by atoms with Crippen molar-refractivity contribution in [2.24, 2.45) is 0 Å². The average molecular weight is 563 g/mol. The molecular formula is C27H29Cl2N3O4S. The van der Waals surface area contributed by atoms with E-state index in [1.54, 1.807) is 32.0 Å². The van der Waals surface area contributed by atoms with Crippen LogP contribution in [-0.2, 0) is 26.2 Å². The number of carbonyl (C=O) groups is 2. The molecule has 1 atom stereocenters. The number of likely N-dealkylation sites (N-methyl/N-ethyl adjacent to an activating group) is 1. The summed E-state index contributed by atoms with van der Waals surface area (Å²) < 4.78 is 28.4. The van der Waals surface area contributed by atoms with Crippen LogP contribution >= 0.6 is 23.2 Å². The zero-order valence-electron chi connectivity index (χ0n) is 20.8. The molecule has 0 aliphatic heterocycles. The molecule has 0 radical (unpaired) electrons. The van der Waals surface area contributed by atoms with Crippen LogP contribution in [0.5, 0.6) is 0 Å². The largest absolute Gasteiger partial charge is 0.355 e. The first-order valence-corrected chi connectivity index (χ1v) is 13.9. The van der Waals surface area contributed by atoms with Crippen LogP contribution in [0.2, 0.25) is 10.0 Å². The standard InChI is InChI=1S/C27H29Cl2N3O4S/c1-4-30-27(34)20(3)31(17-21-11-9-8-10-19(21)2)26(33)18-32(24-15-22(28)14-23(29)16-24)37(35,36)25-12-6-5-7-13-25/h5-16,20H,4,17-18H2,1-3H3,(H,30,34). The van der Waals surface area contributed by atoms with Gasteiger partial charge in [-0.2, -0.15) is 0 Å². The van der Waals surface area contributed by atoms with E-state index in [9.17, 15) is 18.0 Å². The number of anilines is 1. The molecule has 0 saturated carbocycles. The van der Waals surface area contributed by atoms with Crippen molar-refractivity contribution >= 4 is 50.7 Å². The van der Waals surface area contributed by atoms with Gasteiger partial charge in [-0.25, -0.2) is 8.42 Å². The summed E-state index contributed by atoms with van der Waals surface area (Å²) in [7, 11) is -4.19. The number of halogens is 2. The Morgan fingerprint density at radius 3 is 2.14 bits per heavy atom. The molecule has 37 heavy (non-hydrogen) atoms. The average Bonchev–Trinajstić information content (AvgIpc) is 2.86. The maximum Gasteiger partial charge on any atom is 0.264 e. The van der Waals surface area contributed by atoms with Gasteiger partial charge < -0.3 is 10.2 Å². The second-order valence-corrected chi connectivity index (χ2v) is 11.2. The second-order valence-electron chi connectivity index (χ2n) is 8.47. The fourth-order valence-electron chi connectivity index (χ4n) is 3.81. The summed E-state index contributed by atoms with van der Waals surface area (Å²) in [6.07, 6.45) is 0. The zero-order chi connectivity index (χ0) is 27.2. The number of nitrogens with one attached hydrogen (secondary N) is 1. The summed E-state index contributed by atoms with van der Waals surface area (Å²) in [6.45, 7) is 5.27. The molecule has 0 bridgehead atoms. The Morgan fingerprint density at radius 1 is 0.946 bits per heavy atom. The van der Waals surface area contributed by atoms with Gasteiger partial charge in [0.05, 0.1) is 10.6 Å². The zero-order valence-corrected chi connectivity index (χ0v) is 23.1. The van der Waals surface area contributed by atoms with Crippen molar-refractivity contribution in [1.29, 1.82) is 0 Å². The maximum absolute atomic E-state index is 13.8. The molecule has 196 valence electrons. The van der Waals surface area contributed by atoms with Gasteiger partial charge in [-0.15, -0.1) is 0 Å². The molecule has 0 fully saturated rings. The lowest BCUT2D eigenvalue weighted by Gasteiger charge is -2.32. The van der Waals surface area contributed by atoms with Crippen molar-refractivity contribution in [1.82, 2.24) is 10.2 Å². The number of benzene rings is 3. The van der Waals surface area contributed by atoms with Gasteiger partial charge in [0.1, 0.15) is 12.6 Å². The minimum absolute atomic E-state index is 0.00104. The molecule has 1 N–H and O–H groups in total. The minimum atomic E-state index is -4.19. The Kier molecular flexibility index (Phi) is 9.59. The molecule has 0 spiro atoms. The Labute approximate surface area is 228 Å².